The van der Waals surface area contributed by atoms with E-state index in [1.54, 1.807) is 6.20 Å². The lowest BCUT2D eigenvalue weighted by Crippen LogP contribution is -2.43. The highest BCUT2D eigenvalue weighted by molar-refractivity contribution is 5.92. The molecule has 6 heteroatoms. The van der Waals surface area contributed by atoms with Crippen LogP contribution in [0.3, 0.4) is 0 Å². The van der Waals surface area contributed by atoms with Gasteiger partial charge in [-0.2, -0.15) is 0 Å². The second-order valence-corrected chi connectivity index (χ2v) is 6.01. The number of carbonyl (C=O) groups is 1. The maximum absolute atomic E-state index is 12.2. The molecule has 3 rings (SSSR count). The Morgan fingerprint density at radius 1 is 1.41 bits per heavy atom. The molecule has 120 valence electrons. The third kappa shape index (κ3) is 3.50. The fourth-order valence-corrected chi connectivity index (χ4v) is 3.13. The van der Waals surface area contributed by atoms with Crippen LogP contribution in [0.2, 0.25) is 0 Å². The monoisotopic (exact) mass is 304 g/mol. The standard InChI is InChI=1S/C16H24N4O2/c1-12(14-7-5-11-22-14)18-16(21)19-13-6-4-8-17-15(13)20-9-2-3-10-20/h4,6,8,12,14H,2-3,5,7,9-11H2,1H3,(H2,18,19,21)/t12-,14-/m1/s1. The van der Waals surface area contributed by atoms with Crippen LogP contribution in [0.4, 0.5) is 16.3 Å². The minimum Gasteiger partial charge on any atom is -0.376 e. The minimum absolute atomic E-state index is 0.00871. The zero-order valence-corrected chi connectivity index (χ0v) is 13.0. The summed E-state index contributed by atoms with van der Waals surface area (Å²) in [6, 6.07) is 3.56. The van der Waals surface area contributed by atoms with E-state index in [-0.39, 0.29) is 18.2 Å². The topological polar surface area (TPSA) is 66.5 Å². The third-order valence-corrected chi connectivity index (χ3v) is 4.32. The number of hydrogen-bond acceptors (Lipinski definition) is 4. The van der Waals surface area contributed by atoms with Crippen LogP contribution in [0.5, 0.6) is 0 Å². The molecule has 2 aliphatic rings. The maximum Gasteiger partial charge on any atom is 0.319 e. The number of pyridine rings is 1. The van der Waals surface area contributed by atoms with E-state index in [1.165, 1.54) is 12.8 Å². The lowest BCUT2D eigenvalue weighted by Gasteiger charge is -2.22. The maximum atomic E-state index is 12.2. The first-order chi connectivity index (χ1) is 10.7. The van der Waals surface area contributed by atoms with Gasteiger partial charge in [-0.1, -0.05) is 0 Å². The minimum atomic E-state index is -0.198. The molecule has 1 aromatic rings. The molecular weight excluding hydrogens is 280 g/mol. The SMILES string of the molecule is C[C@@H](NC(=O)Nc1cccnc1N1CCCC1)[C@H]1CCCO1. The van der Waals surface area contributed by atoms with Gasteiger partial charge in [-0.15, -0.1) is 0 Å². The van der Waals surface area contributed by atoms with E-state index in [1.807, 2.05) is 19.1 Å². The molecule has 2 aliphatic heterocycles. The molecule has 0 radical (unpaired) electrons. The molecule has 2 fully saturated rings. The second kappa shape index (κ2) is 6.96. The Labute approximate surface area is 131 Å². The van der Waals surface area contributed by atoms with Gasteiger partial charge in [-0.05, 0) is 44.7 Å². The van der Waals surface area contributed by atoms with Crippen molar-refractivity contribution in [2.45, 2.75) is 44.8 Å². The van der Waals surface area contributed by atoms with Gasteiger partial charge in [-0.3, -0.25) is 0 Å². The smallest absolute Gasteiger partial charge is 0.319 e. The van der Waals surface area contributed by atoms with Crippen LogP contribution < -0.4 is 15.5 Å². The molecule has 0 unspecified atom stereocenters. The van der Waals surface area contributed by atoms with Crippen molar-refractivity contribution in [1.82, 2.24) is 10.3 Å². The fraction of sp³-hybridized carbons (Fsp3) is 0.625. The van der Waals surface area contributed by atoms with E-state index in [4.69, 9.17) is 4.74 Å². The Balaban J connectivity index is 1.61. The van der Waals surface area contributed by atoms with Gasteiger partial charge in [-0.25, -0.2) is 9.78 Å². The van der Waals surface area contributed by atoms with E-state index < -0.39 is 0 Å². The molecule has 0 aliphatic carbocycles. The molecule has 3 heterocycles. The number of rotatable bonds is 4. The number of urea groups is 1. The lowest BCUT2D eigenvalue weighted by molar-refractivity contribution is 0.0868. The molecule has 0 spiro atoms. The summed E-state index contributed by atoms with van der Waals surface area (Å²) >= 11 is 0. The van der Waals surface area contributed by atoms with Crippen molar-refractivity contribution >= 4 is 17.5 Å². The number of anilines is 2. The summed E-state index contributed by atoms with van der Waals surface area (Å²) in [6.45, 7) is 4.78. The van der Waals surface area contributed by atoms with Crippen LogP contribution in [0.15, 0.2) is 18.3 Å². The van der Waals surface area contributed by atoms with Gasteiger partial charge in [0.05, 0.1) is 17.8 Å². The van der Waals surface area contributed by atoms with Gasteiger partial charge in [0.15, 0.2) is 5.82 Å². The number of aromatic nitrogens is 1. The van der Waals surface area contributed by atoms with E-state index in [9.17, 15) is 4.79 Å². The molecule has 2 N–H and O–H groups in total. The summed E-state index contributed by atoms with van der Waals surface area (Å²) in [5.41, 5.74) is 0.765. The molecule has 6 nitrogen and oxygen atoms in total. The van der Waals surface area contributed by atoms with Crippen molar-refractivity contribution in [3.05, 3.63) is 18.3 Å². The molecule has 2 atom stereocenters. The summed E-state index contributed by atoms with van der Waals surface area (Å²) in [5, 5.41) is 5.90. The van der Waals surface area contributed by atoms with Gasteiger partial charge < -0.3 is 20.3 Å². The number of nitrogens with zero attached hydrogens (tertiary/aromatic N) is 2. The number of nitrogens with one attached hydrogen (secondary N) is 2. The normalized spacial score (nSPS) is 22.6. The largest absolute Gasteiger partial charge is 0.376 e. The zero-order valence-electron chi connectivity index (χ0n) is 13.0. The zero-order chi connectivity index (χ0) is 15.4. The average molecular weight is 304 g/mol. The highest BCUT2D eigenvalue weighted by Crippen LogP contribution is 2.26. The van der Waals surface area contributed by atoms with E-state index in [2.05, 4.69) is 20.5 Å². The van der Waals surface area contributed by atoms with Crippen molar-refractivity contribution in [2.75, 3.05) is 29.9 Å². The third-order valence-electron chi connectivity index (χ3n) is 4.32. The number of ether oxygens (including phenoxy) is 1. The van der Waals surface area contributed by atoms with Crippen molar-refractivity contribution in [3.8, 4) is 0 Å². The Morgan fingerprint density at radius 3 is 2.95 bits per heavy atom. The van der Waals surface area contributed by atoms with Crippen LogP contribution in [-0.2, 0) is 4.74 Å². The molecule has 22 heavy (non-hydrogen) atoms. The van der Waals surface area contributed by atoms with E-state index >= 15 is 0 Å². The predicted octanol–water partition coefficient (Wildman–Crippen LogP) is 2.37. The van der Waals surface area contributed by atoms with Crippen molar-refractivity contribution in [3.63, 3.8) is 0 Å². The number of carbonyl (C=O) groups excluding carboxylic acids is 1. The fourth-order valence-electron chi connectivity index (χ4n) is 3.13. The lowest BCUT2D eigenvalue weighted by atomic mass is 10.1. The molecule has 0 aromatic carbocycles. The van der Waals surface area contributed by atoms with Crippen LogP contribution >= 0.6 is 0 Å². The van der Waals surface area contributed by atoms with Crippen molar-refractivity contribution in [2.24, 2.45) is 0 Å². The quantitative estimate of drug-likeness (QED) is 0.896. The number of amides is 2. The molecule has 0 bridgehead atoms. The Morgan fingerprint density at radius 2 is 2.23 bits per heavy atom. The summed E-state index contributed by atoms with van der Waals surface area (Å²) in [5.74, 6) is 0.861. The second-order valence-electron chi connectivity index (χ2n) is 6.01. The van der Waals surface area contributed by atoms with Crippen LogP contribution in [0.1, 0.15) is 32.6 Å². The van der Waals surface area contributed by atoms with Gasteiger partial charge in [0.2, 0.25) is 0 Å². The Bertz CT molecular complexity index is 511. The van der Waals surface area contributed by atoms with Gasteiger partial charge in [0, 0.05) is 25.9 Å². The van der Waals surface area contributed by atoms with Crippen LogP contribution in [0.25, 0.3) is 0 Å². The van der Waals surface area contributed by atoms with Crippen molar-refractivity contribution < 1.29 is 9.53 Å². The molecule has 1 aromatic heterocycles. The first-order valence-electron chi connectivity index (χ1n) is 8.13. The van der Waals surface area contributed by atoms with Gasteiger partial charge in [0.1, 0.15) is 0 Å². The van der Waals surface area contributed by atoms with Gasteiger partial charge >= 0.3 is 6.03 Å². The summed E-state index contributed by atoms with van der Waals surface area (Å²) < 4.78 is 5.61. The van der Waals surface area contributed by atoms with Crippen LogP contribution in [-0.4, -0.2) is 42.9 Å². The molecule has 2 saturated heterocycles. The molecular formula is C16H24N4O2. The van der Waals surface area contributed by atoms with E-state index in [0.29, 0.717) is 0 Å². The highest BCUT2D eigenvalue weighted by Gasteiger charge is 2.24. The summed E-state index contributed by atoms with van der Waals surface area (Å²) in [7, 11) is 0. The summed E-state index contributed by atoms with van der Waals surface area (Å²) in [4.78, 5) is 18.9. The molecule has 0 saturated carbocycles. The van der Waals surface area contributed by atoms with E-state index in [0.717, 1.165) is 44.0 Å². The highest BCUT2D eigenvalue weighted by atomic mass is 16.5. The molecule has 2 amide bonds. The predicted molar refractivity (Wildman–Crippen MR) is 86.3 cm³/mol. The Kier molecular flexibility index (Phi) is 4.77. The average Bonchev–Trinajstić information content (AvgIpc) is 3.21. The first-order valence-corrected chi connectivity index (χ1v) is 8.13. The van der Waals surface area contributed by atoms with Gasteiger partial charge in [0.25, 0.3) is 0 Å². The first kappa shape index (κ1) is 15.1. The Hall–Kier alpha value is -1.82. The van der Waals surface area contributed by atoms with Crippen molar-refractivity contribution in [1.29, 1.82) is 0 Å². The summed E-state index contributed by atoms with van der Waals surface area (Å²) in [6.07, 6.45) is 6.33. The number of hydrogen-bond donors (Lipinski definition) is 2. The van der Waals surface area contributed by atoms with Crippen LogP contribution in [0, 0.1) is 0 Å².